The Morgan fingerprint density at radius 3 is 2.58 bits per heavy atom. The number of carbonyl (C=O) groups is 1. The Hall–Kier alpha value is -2.08. The highest BCUT2D eigenvalue weighted by atomic mass is 32.2. The first-order valence-corrected chi connectivity index (χ1v) is 9.68. The Labute approximate surface area is 144 Å². The minimum absolute atomic E-state index is 0.0186. The number of aryl methyl sites for hydroxylation is 1. The van der Waals surface area contributed by atoms with E-state index in [1.54, 1.807) is 30.5 Å². The number of hydrogen-bond acceptors (Lipinski definition) is 3. The zero-order valence-electron chi connectivity index (χ0n) is 14.0. The highest BCUT2D eigenvalue weighted by molar-refractivity contribution is 7.84. The van der Waals surface area contributed by atoms with Crippen LogP contribution in [0.25, 0.3) is 0 Å². The van der Waals surface area contributed by atoms with Crippen LogP contribution in [0.5, 0.6) is 0 Å². The maximum atomic E-state index is 12.7. The van der Waals surface area contributed by atoms with Gasteiger partial charge in [-0.1, -0.05) is 0 Å². The van der Waals surface area contributed by atoms with Crippen molar-refractivity contribution in [3.8, 4) is 0 Å². The maximum Gasteiger partial charge on any atom is 0.322 e. The second kappa shape index (κ2) is 7.21. The van der Waals surface area contributed by atoms with Crippen LogP contribution in [0.1, 0.15) is 36.8 Å². The Kier molecular flexibility index (Phi) is 5.04. The van der Waals surface area contributed by atoms with Gasteiger partial charge in [0.2, 0.25) is 0 Å². The molecule has 1 aliphatic heterocycles. The second-order valence-corrected chi connectivity index (χ2v) is 7.44. The lowest BCUT2D eigenvalue weighted by atomic mass is 10.0. The second-order valence-electron chi connectivity index (χ2n) is 6.06. The molecule has 1 aromatic carbocycles. The summed E-state index contributed by atoms with van der Waals surface area (Å²) in [6, 6.07) is 10.9. The molecule has 1 aliphatic rings. The van der Waals surface area contributed by atoms with Crippen molar-refractivity contribution in [1.29, 1.82) is 0 Å². The van der Waals surface area contributed by atoms with Gasteiger partial charge in [-0.2, -0.15) is 0 Å². The number of benzene rings is 1. The molecule has 1 fully saturated rings. The number of nitrogens with one attached hydrogen (secondary N) is 1. The van der Waals surface area contributed by atoms with Crippen LogP contribution in [0.3, 0.4) is 0 Å². The van der Waals surface area contributed by atoms with E-state index in [0.29, 0.717) is 12.2 Å². The number of rotatable bonds is 3. The number of nitrogens with zero attached hydrogens (tertiary/aromatic N) is 1. The van der Waals surface area contributed by atoms with Gasteiger partial charge in [0.1, 0.15) is 11.5 Å². The molecule has 0 unspecified atom stereocenters. The largest absolute Gasteiger partial charge is 0.464 e. The van der Waals surface area contributed by atoms with E-state index in [1.165, 1.54) is 0 Å². The molecule has 5 nitrogen and oxygen atoms in total. The molecule has 1 aromatic heterocycles. The molecule has 24 heavy (non-hydrogen) atoms. The molecule has 2 atom stereocenters. The van der Waals surface area contributed by atoms with Crippen LogP contribution in [0.2, 0.25) is 0 Å². The third kappa shape index (κ3) is 3.70. The predicted octanol–water partition coefficient (Wildman–Crippen LogP) is 4.08. The Morgan fingerprint density at radius 1 is 1.21 bits per heavy atom. The summed E-state index contributed by atoms with van der Waals surface area (Å²) in [5, 5.41) is 2.93. The molecule has 0 radical (unpaired) electrons. The van der Waals surface area contributed by atoms with Crippen molar-refractivity contribution in [1.82, 2.24) is 4.90 Å². The molecule has 0 saturated carbocycles. The Morgan fingerprint density at radius 2 is 1.96 bits per heavy atom. The first-order chi connectivity index (χ1) is 11.5. The summed E-state index contributed by atoms with van der Waals surface area (Å²) in [6.07, 6.45) is 4.63. The molecule has 2 heterocycles. The minimum atomic E-state index is -1.02. The van der Waals surface area contributed by atoms with Crippen LogP contribution in [0.4, 0.5) is 10.5 Å². The zero-order valence-corrected chi connectivity index (χ0v) is 14.8. The van der Waals surface area contributed by atoms with E-state index >= 15 is 0 Å². The van der Waals surface area contributed by atoms with E-state index in [9.17, 15) is 9.00 Å². The normalized spacial score (nSPS) is 19.1. The summed E-state index contributed by atoms with van der Waals surface area (Å²) in [5.41, 5.74) is 0.703. The molecule has 0 bridgehead atoms. The molecule has 2 aromatic rings. The summed E-state index contributed by atoms with van der Waals surface area (Å²) in [5.74, 6) is 1.71. The van der Waals surface area contributed by atoms with Gasteiger partial charge in [-0.15, -0.1) is 0 Å². The van der Waals surface area contributed by atoms with Crippen LogP contribution < -0.4 is 5.32 Å². The van der Waals surface area contributed by atoms with Crippen molar-refractivity contribution < 1.29 is 13.4 Å². The molecule has 0 spiro atoms. The number of furan rings is 1. The zero-order chi connectivity index (χ0) is 17.1. The molecule has 128 valence electrons. The summed E-state index contributed by atoms with van der Waals surface area (Å²) < 4.78 is 17.2. The molecule has 3 rings (SSSR count). The quantitative estimate of drug-likeness (QED) is 0.911. The number of carbonyl (C=O) groups excluding carboxylic acids is 1. The molecule has 6 heteroatoms. The molecule has 0 aliphatic carbocycles. The van der Waals surface area contributed by atoms with E-state index in [4.69, 9.17) is 4.42 Å². The van der Waals surface area contributed by atoms with E-state index in [-0.39, 0.29) is 12.1 Å². The number of anilines is 1. The number of hydrogen-bond donors (Lipinski definition) is 1. The van der Waals surface area contributed by atoms with Crippen molar-refractivity contribution >= 4 is 22.5 Å². The van der Waals surface area contributed by atoms with Gasteiger partial charge in [0.05, 0.1) is 6.04 Å². The van der Waals surface area contributed by atoms with Crippen molar-refractivity contribution in [2.24, 2.45) is 0 Å². The van der Waals surface area contributed by atoms with Gasteiger partial charge in [-0.05, 0) is 62.6 Å². The van der Waals surface area contributed by atoms with Gasteiger partial charge in [-0.25, -0.2) is 4.79 Å². The lowest BCUT2D eigenvalue weighted by molar-refractivity contribution is 0.150. The molecular weight excluding hydrogens is 324 g/mol. The van der Waals surface area contributed by atoms with Crippen molar-refractivity contribution in [3.63, 3.8) is 0 Å². The first-order valence-electron chi connectivity index (χ1n) is 8.12. The number of amides is 2. The van der Waals surface area contributed by atoms with Crippen LogP contribution in [-0.2, 0) is 10.8 Å². The SMILES string of the molecule is Cc1ccc([C@H]2CCCCN2C(=O)Nc2ccc([S@@](C)=O)cc2)o1. The smallest absolute Gasteiger partial charge is 0.322 e. The molecule has 2 amide bonds. The third-order valence-electron chi connectivity index (χ3n) is 4.29. The topological polar surface area (TPSA) is 62.6 Å². The van der Waals surface area contributed by atoms with Gasteiger partial charge in [0.15, 0.2) is 0 Å². The molecule has 1 saturated heterocycles. The van der Waals surface area contributed by atoms with Gasteiger partial charge >= 0.3 is 6.03 Å². The first kappa shape index (κ1) is 16.8. The average Bonchev–Trinajstić information content (AvgIpc) is 3.01. The maximum absolute atomic E-state index is 12.7. The molecular formula is C18H22N2O3S. The van der Waals surface area contributed by atoms with E-state index in [2.05, 4.69) is 5.32 Å². The minimum Gasteiger partial charge on any atom is -0.464 e. The van der Waals surface area contributed by atoms with Gasteiger partial charge < -0.3 is 14.6 Å². The van der Waals surface area contributed by atoms with Crippen molar-refractivity contribution in [2.75, 3.05) is 18.1 Å². The Balaban J connectivity index is 1.73. The highest BCUT2D eigenvalue weighted by Gasteiger charge is 2.30. The van der Waals surface area contributed by atoms with Crippen LogP contribution in [-0.4, -0.2) is 27.9 Å². The van der Waals surface area contributed by atoms with E-state index in [0.717, 1.165) is 35.7 Å². The van der Waals surface area contributed by atoms with Crippen LogP contribution in [0.15, 0.2) is 45.7 Å². The van der Waals surface area contributed by atoms with Crippen molar-refractivity contribution in [2.45, 2.75) is 37.1 Å². The monoisotopic (exact) mass is 346 g/mol. The average molecular weight is 346 g/mol. The van der Waals surface area contributed by atoms with Crippen molar-refractivity contribution in [3.05, 3.63) is 47.9 Å². The highest BCUT2D eigenvalue weighted by Crippen LogP contribution is 2.32. The fraction of sp³-hybridized carbons (Fsp3) is 0.389. The predicted molar refractivity (Wildman–Crippen MR) is 94.5 cm³/mol. The third-order valence-corrected chi connectivity index (χ3v) is 5.23. The van der Waals surface area contributed by atoms with Gasteiger partial charge in [-0.3, -0.25) is 4.21 Å². The fourth-order valence-corrected chi connectivity index (χ4v) is 3.55. The number of likely N-dealkylation sites (tertiary alicyclic amines) is 1. The van der Waals surface area contributed by atoms with E-state index < -0.39 is 10.8 Å². The standard InChI is InChI=1S/C18H22N2O3S/c1-13-6-11-17(23-13)16-5-3-4-12-20(16)18(21)19-14-7-9-15(10-8-14)24(2)22/h6-11,16H,3-5,12H2,1-2H3,(H,19,21)/t16-,24-/m1/s1. The summed E-state index contributed by atoms with van der Waals surface area (Å²) in [6.45, 7) is 2.63. The number of urea groups is 1. The molecule has 1 N–H and O–H groups in total. The lowest BCUT2D eigenvalue weighted by Gasteiger charge is -2.34. The number of piperidine rings is 1. The van der Waals surface area contributed by atoms with Gasteiger partial charge in [0, 0.05) is 34.2 Å². The summed E-state index contributed by atoms with van der Waals surface area (Å²) in [4.78, 5) is 15.3. The van der Waals surface area contributed by atoms with E-state index in [1.807, 2.05) is 24.0 Å². The lowest BCUT2D eigenvalue weighted by Crippen LogP contribution is -2.41. The summed E-state index contributed by atoms with van der Waals surface area (Å²) in [7, 11) is -1.02. The fourth-order valence-electron chi connectivity index (χ4n) is 3.03. The Bertz CT molecular complexity index is 739. The van der Waals surface area contributed by atoms with Gasteiger partial charge in [0.25, 0.3) is 0 Å². The van der Waals surface area contributed by atoms with Crippen LogP contribution in [0, 0.1) is 6.92 Å². The summed E-state index contributed by atoms with van der Waals surface area (Å²) >= 11 is 0. The van der Waals surface area contributed by atoms with Crippen LogP contribution >= 0.6 is 0 Å².